The molecule has 1 aromatic rings. The summed E-state index contributed by atoms with van der Waals surface area (Å²) in [7, 11) is -3.15. The summed E-state index contributed by atoms with van der Waals surface area (Å²) in [4.78, 5) is 2.46. The molecular weight excluding hydrogens is 274 g/mol. The van der Waals surface area contributed by atoms with Gasteiger partial charge in [0.1, 0.15) is 0 Å². The van der Waals surface area contributed by atoms with Crippen LogP contribution in [0.2, 0.25) is 0 Å². The molecule has 0 atom stereocenters. The number of sulfone groups is 1. The lowest BCUT2D eigenvalue weighted by Crippen LogP contribution is -2.27. The third kappa shape index (κ3) is 4.80. The molecule has 0 aliphatic heterocycles. The molecule has 1 N–H and O–H groups in total. The monoisotopic (exact) mass is 299 g/mol. The normalized spacial score (nSPS) is 11.6. The highest BCUT2D eigenvalue weighted by atomic mass is 32.2. The van der Waals surface area contributed by atoms with Gasteiger partial charge >= 0.3 is 0 Å². The maximum atomic E-state index is 12.0. The van der Waals surface area contributed by atoms with Crippen molar-refractivity contribution in [1.82, 2.24) is 0 Å². The Morgan fingerprint density at radius 2 is 1.70 bits per heavy atom. The fourth-order valence-corrected chi connectivity index (χ4v) is 3.41. The molecule has 0 saturated heterocycles. The van der Waals surface area contributed by atoms with E-state index < -0.39 is 9.84 Å². The van der Waals surface area contributed by atoms with E-state index in [2.05, 4.69) is 11.8 Å². The number of aliphatic hydroxyl groups excluding tert-OH is 1. The Labute approximate surface area is 122 Å². The maximum absolute atomic E-state index is 12.0. The maximum Gasteiger partial charge on any atom is 0.178 e. The molecule has 0 saturated carbocycles. The molecule has 0 aliphatic rings. The van der Waals surface area contributed by atoms with Crippen LogP contribution in [0.4, 0.5) is 5.69 Å². The smallest absolute Gasteiger partial charge is 0.178 e. The fraction of sp³-hybridized carbons (Fsp3) is 0.600. The summed E-state index contributed by atoms with van der Waals surface area (Å²) in [5, 5.41) is 9.11. The zero-order valence-corrected chi connectivity index (χ0v) is 13.2. The minimum Gasteiger partial charge on any atom is -0.395 e. The summed E-state index contributed by atoms with van der Waals surface area (Å²) in [5.41, 5.74) is 0.961. The summed E-state index contributed by atoms with van der Waals surface area (Å²) in [6, 6.07) is 6.98. The van der Waals surface area contributed by atoms with Gasteiger partial charge in [-0.05, 0) is 37.1 Å². The van der Waals surface area contributed by atoms with Gasteiger partial charge in [-0.3, -0.25) is 0 Å². The Morgan fingerprint density at radius 3 is 2.20 bits per heavy atom. The Hall–Kier alpha value is -1.07. The fourth-order valence-electron chi connectivity index (χ4n) is 2.09. The Morgan fingerprint density at radius 1 is 1.05 bits per heavy atom. The summed E-state index contributed by atoms with van der Waals surface area (Å²) in [6.45, 7) is 5.52. The lowest BCUT2D eigenvalue weighted by molar-refractivity contribution is 0.301. The van der Waals surface area contributed by atoms with Crippen molar-refractivity contribution in [3.05, 3.63) is 24.3 Å². The first-order valence-electron chi connectivity index (χ1n) is 7.23. The molecule has 0 radical (unpaired) electrons. The minimum atomic E-state index is -3.15. The predicted octanol–water partition coefficient (Wildman–Crippen LogP) is 2.47. The van der Waals surface area contributed by atoms with Crippen molar-refractivity contribution >= 4 is 15.5 Å². The van der Waals surface area contributed by atoms with Crippen molar-refractivity contribution in [2.75, 3.05) is 30.3 Å². The third-order valence-electron chi connectivity index (χ3n) is 3.19. The van der Waals surface area contributed by atoms with Gasteiger partial charge in [-0.15, -0.1) is 0 Å². The molecular formula is C15H25NO3S. The molecule has 0 aliphatic carbocycles. The van der Waals surface area contributed by atoms with Gasteiger partial charge in [0.2, 0.25) is 0 Å². The van der Waals surface area contributed by atoms with Gasteiger partial charge in [0.05, 0.1) is 17.3 Å². The SMILES string of the molecule is CCCCN(CCO)c1ccc(S(=O)(=O)CCC)cc1. The van der Waals surface area contributed by atoms with Crippen LogP contribution in [-0.2, 0) is 9.84 Å². The van der Waals surface area contributed by atoms with Crippen LogP contribution in [0.15, 0.2) is 29.2 Å². The quantitative estimate of drug-likeness (QED) is 0.761. The average Bonchev–Trinajstić information content (AvgIpc) is 2.43. The number of unbranched alkanes of at least 4 members (excludes halogenated alkanes) is 1. The topological polar surface area (TPSA) is 57.6 Å². The van der Waals surface area contributed by atoms with Crippen LogP contribution in [-0.4, -0.2) is 39.0 Å². The molecule has 4 nitrogen and oxygen atoms in total. The highest BCUT2D eigenvalue weighted by Gasteiger charge is 2.13. The van der Waals surface area contributed by atoms with Gasteiger partial charge in [0.25, 0.3) is 0 Å². The van der Waals surface area contributed by atoms with Crippen molar-refractivity contribution in [2.45, 2.75) is 38.0 Å². The van der Waals surface area contributed by atoms with Gasteiger partial charge in [-0.2, -0.15) is 0 Å². The predicted molar refractivity (Wildman–Crippen MR) is 83.0 cm³/mol. The number of benzene rings is 1. The molecule has 1 rings (SSSR count). The van der Waals surface area contributed by atoms with Crippen LogP contribution >= 0.6 is 0 Å². The lowest BCUT2D eigenvalue weighted by atomic mass is 10.2. The van der Waals surface area contributed by atoms with Crippen LogP contribution in [0.1, 0.15) is 33.1 Å². The van der Waals surface area contributed by atoms with E-state index >= 15 is 0 Å². The van der Waals surface area contributed by atoms with E-state index in [4.69, 9.17) is 5.11 Å². The van der Waals surface area contributed by atoms with Crippen LogP contribution in [0.3, 0.4) is 0 Å². The number of hydrogen-bond donors (Lipinski definition) is 1. The van der Waals surface area contributed by atoms with Crippen LogP contribution < -0.4 is 4.90 Å². The second-order valence-electron chi connectivity index (χ2n) is 4.88. The van der Waals surface area contributed by atoms with E-state index in [0.29, 0.717) is 17.9 Å². The highest BCUT2D eigenvalue weighted by molar-refractivity contribution is 7.91. The molecule has 1 aromatic carbocycles. The molecule has 0 bridgehead atoms. The van der Waals surface area contributed by atoms with E-state index in [1.807, 2.05) is 19.1 Å². The standard InChI is InChI=1S/C15H25NO3S/c1-3-5-10-16(11-12-17)14-6-8-15(9-7-14)20(18,19)13-4-2/h6-9,17H,3-5,10-13H2,1-2H3. The number of rotatable bonds is 9. The number of hydrogen-bond acceptors (Lipinski definition) is 4. The van der Waals surface area contributed by atoms with Crippen molar-refractivity contribution in [2.24, 2.45) is 0 Å². The third-order valence-corrected chi connectivity index (χ3v) is 5.12. The summed E-state index contributed by atoms with van der Waals surface area (Å²) in [5.74, 6) is 0.183. The summed E-state index contributed by atoms with van der Waals surface area (Å²) < 4.78 is 23.9. The van der Waals surface area contributed by atoms with Crippen molar-refractivity contribution < 1.29 is 13.5 Å². The minimum absolute atomic E-state index is 0.0968. The van der Waals surface area contributed by atoms with Gasteiger partial charge < -0.3 is 10.0 Å². The number of nitrogens with zero attached hydrogens (tertiary/aromatic N) is 1. The molecule has 0 amide bonds. The van der Waals surface area contributed by atoms with Gasteiger partial charge in [-0.1, -0.05) is 20.3 Å². The largest absolute Gasteiger partial charge is 0.395 e. The number of aliphatic hydroxyl groups is 1. The molecule has 0 unspecified atom stereocenters. The first-order valence-corrected chi connectivity index (χ1v) is 8.89. The molecule has 114 valence electrons. The number of anilines is 1. The van der Waals surface area contributed by atoms with E-state index in [9.17, 15) is 8.42 Å². The molecule has 0 spiro atoms. The van der Waals surface area contributed by atoms with Crippen molar-refractivity contribution in [3.8, 4) is 0 Å². The van der Waals surface area contributed by atoms with Crippen LogP contribution in [0, 0.1) is 0 Å². The second kappa shape index (κ2) is 8.27. The zero-order valence-electron chi connectivity index (χ0n) is 12.4. The Kier molecular flexibility index (Phi) is 7.02. The van der Waals surface area contributed by atoms with Crippen molar-refractivity contribution in [1.29, 1.82) is 0 Å². The summed E-state index contributed by atoms with van der Waals surface area (Å²) >= 11 is 0. The summed E-state index contributed by atoms with van der Waals surface area (Å²) in [6.07, 6.45) is 2.76. The highest BCUT2D eigenvalue weighted by Crippen LogP contribution is 2.19. The van der Waals surface area contributed by atoms with E-state index in [0.717, 1.165) is 25.1 Å². The Balaban J connectivity index is 2.87. The van der Waals surface area contributed by atoms with Crippen molar-refractivity contribution in [3.63, 3.8) is 0 Å². The molecule has 0 heterocycles. The average molecular weight is 299 g/mol. The second-order valence-corrected chi connectivity index (χ2v) is 6.99. The molecule has 5 heteroatoms. The van der Waals surface area contributed by atoms with Gasteiger partial charge in [0.15, 0.2) is 9.84 Å². The van der Waals surface area contributed by atoms with Crippen LogP contribution in [0.25, 0.3) is 0 Å². The zero-order chi connectivity index (χ0) is 15.0. The van der Waals surface area contributed by atoms with E-state index in [1.54, 1.807) is 12.1 Å². The van der Waals surface area contributed by atoms with Gasteiger partial charge in [0, 0.05) is 18.8 Å². The van der Waals surface area contributed by atoms with Gasteiger partial charge in [-0.25, -0.2) is 8.42 Å². The molecule has 0 aromatic heterocycles. The van der Waals surface area contributed by atoms with E-state index in [-0.39, 0.29) is 12.4 Å². The first kappa shape index (κ1) is 17.0. The first-order chi connectivity index (χ1) is 9.55. The van der Waals surface area contributed by atoms with E-state index in [1.165, 1.54) is 0 Å². The Bertz CT molecular complexity index is 482. The van der Waals surface area contributed by atoms with Crippen LogP contribution in [0.5, 0.6) is 0 Å². The molecule has 0 fully saturated rings. The lowest BCUT2D eigenvalue weighted by Gasteiger charge is -2.24. The molecule has 20 heavy (non-hydrogen) atoms.